The summed E-state index contributed by atoms with van der Waals surface area (Å²) in [5, 5.41) is 19.3. The smallest absolute Gasteiger partial charge is 0.271 e. The largest absolute Gasteiger partial charge is 0.393 e. The van der Waals surface area contributed by atoms with Crippen LogP contribution in [-0.4, -0.2) is 33.9 Å². The van der Waals surface area contributed by atoms with Crippen molar-refractivity contribution < 1.29 is 9.90 Å². The molecule has 1 aromatic heterocycles. The van der Waals surface area contributed by atoms with Crippen molar-refractivity contribution in [1.29, 1.82) is 0 Å². The minimum absolute atomic E-state index is 0.0584. The molecule has 3 N–H and O–H groups in total. The van der Waals surface area contributed by atoms with E-state index in [0.717, 1.165) is 5.69 Å². The maximum Gasteiger partial charge on any atom is 0.271 e. The molecule has 0 aliphatic carbocycles. The van der Waals surface area contributed by atoms with E-state index in [1.807, 2.05) is 13.8 Å². The van der Waals surface area contributed by atoms with Gasteiger partial charge in [0.05, 0.1) is 6.10 Å². The fraction of sp³-hybridized carbons (Fsp3) is 0.733. The van der Waals surface area contributed by atoms with Crippen molar-refractivity contribution in [3.63, 3.8) is 0 Å². The molecule has 0 radical (unpaired) electrons. The summed E-state index contributed by atoms with van der Waals surface area (Å²) in [5.41, 5.74) is 1.14. The van der Waals surface area contributed by atoms with Crippen LogP contribution in [0.15, 0.2) is 6.07 Å². The van der Waals surface area contributed by atoms with Gasteiger partial charge in [0.15, 0.2) is 0 Å². The second-order valence-electron chi connectivity index (χ2n) is 7.32. The standard InChI is InChI=1S/C15H27N3O2/c1-10(19)8-15(5,6)9-16-13(20)11-7-12(18-17-11)14(2,3)4/h7,10,19H,8-9H2,1-6H3,(H,16,20)(H,17,18). The second kappa shape index (κ2) is 5.95. The molecule has 1 unspecified atom stereocenters. The van der Waals surface area contributed by atoms with E-state index in [1.165, 1.54) is 0 Å². The third-order valence-electron chi connectivity index (χ3n) is 3.19. The first kappa shape index (κ1) is 16.7. The molecule has 5 nitrogen and oxygen atoms in total. The third kappa shape index (κ3) is 4.96. The van der Waals surface area contributed by atoms with Gasteiger partial charge >= 0.3 is 0 Å². The molecule has 0 spiro atoms. The third-order valence-corrected chi connectivity index (χ3v) is 3.19. The highest BCUT2D eigenvalue weighted by atomic mass is 16.3. The molecule has 0 aliphatic heterocycles. The maximum atomic E-state index is 12.1. The average Bonchev–Trinajstić information content (AvgIpc) is 2.72. The zero-order valence-corrected chi connectivity index (χ0v) is 13.4. The Balaban J connectivity index is 2.62. The van der Waals surface area contributed by atoms with E-state index in [-0.39, 0.29) is 22.8 Å². The minimum atomic E-state index is -0.375. The lowest BCUT2D eigenvalue weighted by atomic mass is 9.87. The number of aliphatic hydroxyl groups is 1. The van der Waals surface area contributed by atoms with Crippen molar-refractivity contribution in [3.05, 3.63) is 17.5 Å². The van der Waals surface area contributed by atoms with Gasteiger partial charge in [-0.3, -0.25) is 9.89 Å². The summed E-state index contributed by atoms with van der Waals surface area (Å²) in [4.78, 5) is 12.1. The Labute approximate surface area is 121 Å². The predicted molar refractivity (Wildman–Crippen MR) is 79.7 cm³/mol. The van der Waals surface area contributed by atoms with Crippen LogP contribution in [0.3, 0.4) is 0 Å². The Morgan fingerprint density at radius 1 is 1.40 bits per heavy atom. The first-order valence-electron chi connectivity index (χ1n) is 7.03. The van der Waals surface area contributed by atoms with Gasteiger partial charge in [-0.1, -0.05) is 34.6 Å². The Bertz CT molecular complexity index is 456. The number of aliphatic hydroxyl groups excluding tert-OH is 1. The molecule has 1 heterocycles. The van der Waals surface area contributed by atoms with Gasteiger partial charge in [-0.25, -0.2) is 0 Å². The molecule has 0 saturated heterocycles. The van der Waals surface area contributed by atoms with Crippen LogP contribution in [0.4, 0.5) is 0 Å². The van der Waals surface area contributed by atoms with E-state index in [0.29, 0.717) is 18.7 Å². The topological polar surface area (TPSA) is 78.0 Å². The van der Waals surface area contributed by atoms with E-state index < -0.39 is 0 Å². The number of rotatable bonds is 5. The highest BCUT2D eigenvalue weighted by Gasteiger charge is 2.23. The Morgan fingerprint density at radius 3 is 2.45 bits per heavy atom. The van der Waals surface area contributed by atoms with Crippen molar-refractivity contribution in [2.24, 2.45) is 5.41 Å². The van der Waals surface area contributed by atoms with E-state index in [9.17, 15) is 9.90 Å². The molecule has 0 aliphatic rings. The van der Waals surface area contributed by atoms with Crippen LogP contribution in [0, 0.1) is 5.41 Å². The summed E-state index contributed by atoms with van der Waals surface area (Å²) >= 11 is 0. The van der Waals surface area contributed by atoms with Gasteiger partial charge in [0.25, 0.3) is 5.91 Å². The van der Waals surface area contributed by atoms with Crippen LogP contribution in [0.2, 0.25) is 0 Å². The minimum Gasteiger partial charge on any atom is -0.393 e. The van der Waals surface area contributed by atoms with Crippen LogP contribution in [0.1, 0.15) is 64.1 Å². The molecular formula is C15H27N3O2. The number of hydrogen-bond acceptors (Lipinski definition) is 3. The molecule has 0 bridgehead atoms. The molecular weight excluding hydrogens is 254 g/mol. The van der Waals surface area contributed by atoms with Crippen LogP contribution < -0.4 is 5.32 Å². The van der Waals surface area contributed by atoms with Gasteiger partial charge in [-0.15, -0.1) is 0 Å². The Morgan fingerprint density at radius 2 is 2.00 bits per heavy atom. The normalized spacial score (nSPS) is 14.2. The molecule has 0 fully saturated rings. The predicted octanol–water partition coefficient (Wildman–Crippen LogP) is 2.23. The molecule has 1 amide bonds. The number of nitrogens with one attached hydrogen (secondary N) is 2. The lowest BCUT2D eigenvalue weighted by molar-refractivity contribution is 0.0897. The second-order valence-corrected chi connectivity index (χ2v) is 7.32. The fourth-order valence-electron chi connectivity index (χ4n) is 2.10. The lowest BCUT2D eigenvalue weighted by Gasteiger charge is -2.26. The molecule has 1 aromatic rings. The summed E-state index contributed by atoms with van der Waals surface area (Å²) in [6.45, 7) is 12.5. The van der Waals surface area contributed by atoms with Gasteiger partial charge in [-0.2, -0.15) is 5.10 Å². The number of carbonyl (C=O) groups excluding carboxylic acids is 1. The van der Waals surface area contributed by atoms with Crippen molar-refractivity contribution in [2.45, 2.75) is 59.5 Å². The zero-order valence-electron chi connectivity index (χ0n) is 13.4. The highest BCUT2D eigenvalue weighted by Crippen LogP contribution is 2.22. The number of amides is 1. The number of aromatic amines is 1. The van der Waals surface area contributed by atoms with Crippen molar-refractivity contribution in [1.82, 2.24) is 15.5 Å². The molecule has 20 heavy (non-hydrogen) atoms. The van der Waals surface area contributed by atoms with Crippen molar-refractivity contribution in [3.8, 4) is 0 Å². The van der Waals surface area contributed by atoms with E-state index >= 15 is 0 Å². The molecule has 1 rings (SSSR count). The number of aromatic nitrogens is 2. The van der Waals surface area contributed by atoms with Crippen LogP contribution in [-0.2, 0) is 5.41 Å². The number of hydrogen-bond donors (Lipinski definition) is 3. The SMILES string of the molecule is CC(O)CC(C)(C)CNC(=O)c1cc(C(C)(C)C)[nH]n1. The van der Waals surface area contributed by atoms with Crippen LogP contribution in [0.25, 0.3) is 0 Å². The van der Waals surface area contributed by atoms with Gasteiger partial charge in [0.1, 0.15) is 5.69 Å². The number of H-pyrrole nitrogens is 1. The van der Waals surface area contributed by atoms with E-state index in [2.05, 4.69) is 36.3 Å². The van der Waals surface area contributed by atoms with Gasteiger partial charge in [0, 0.05) is 17.7 Å². The van der Waals surface area contributed by atoms with Gasteiger partial charge in [-0.05, 0) is 24.8 Å². The van der Waals surface area contributed by atoms with Crippen molar-refractivity contribution in [2.75, 3.05) is 6.54 Å². The quantitative estimate of drug-likeness (QED) is 0.774. The molecule has 114 valence electrons. The Kier molecular flexibility index (Phi) is 4.97. The first-order valence-corrected chi connectivity index (χ1v) is 7.03. The summed E-state index contributed by atoms with van der Waals surface area (Å²) in [6, 6.07) is 1.79. The van der Waals surface area contributed by atoms with Gasteiger partial charge < -0.3 is 10.4 Å². The summed E-state index contributed by atoms with van der Waals surface area (Å²) < 4.78 is 0. The van der Waals surface area contributed by atoms with Crippen molar-refractivity contribution >= 4 is 5.91 Å². The molecule has 0 aromatic carbocycles. The fourth-order valence-corrected chi connectivity index (χ4v) is 2.10. The summed E-state index contributed by atoms with van der Waals surface area (Å²) in [7, 11) is 0. The lowest BCUT2D eigenvalue weighted by Crippen LogP contribution is -2.35. The summed E-state index contributed by atoms with van der Waals surface area (Å²) in [6.07, 6.45) is 0.265. The molecule has 5 heteroatoms. The van der Waals surface area contributed by atoms with Crippen LogP contribution in [0.5, 0.6) is 0 Å². The number of carbonyl (C=O) groups is 1. The average molecular weight is 281 g/mol. The molecule has 1 atom stereocenters. The molecule has 0 saturated carbocycles. The zero-order chi connectivity index (χ0) is 15.6. The van der Waals surface area contributed by atoms with Crippen LogP contribution >= 0.6 is 0 Å². The monoisotopic (exact) mass is 281 g/mol. The highest BCUT2D eigenvalue weighted by molar-refractivity contribution is 5.92. The Hall–Kier alpha value is -1.36. The van der Waals surface area contributed by atoms with Gasteiger partial charge in [0.2, 0.25) is 0 Å². The van der Waals surface area contributed by atoms with E-state index in [4.69, 9.17) is 0 Å². The number of nitrogens with zero attached hydrogens (tertiary/aromatic N) is 1. The summed E-state index contributed by atoms with van der Waals surface area (Å²) in [5.74, 6) is -0.185. The van der Waals surface area contributed by atoms with E-state index in [1.54, 1.807) is 13.0 Å². The first-order chi connectivity index (χ1) is 9.01. The maximum absolute atomic E-state index is 12.1.